The highest BCUT2D eigenvalue weighted by Gasteiger charge is 2.27. The molecule has 1 fully saturated rings. The second-order valence-electron chi connectivity index (χ2n) is 8.11. The van der Waals surface area contributed by atoms with Crippen LogP contribution in [-0.4, -0.2) is 69.1 Å². The molecule has 33 heavy (non-hydrogen) atoms. The zero-order valence-corrected chi connectivity index (χ0v) is 18.5. The van der Waals surface area contributed by atoms with Crippen molar-refractivity contribution in [1.29, 1.82) is 0 Å². The molecule has 1 unspecified atom stereocenters. The van der Waals surface area contributed by atoms with Gasteiger partial charge in [-0.15, -0.1) is 0 Å². The molecule has 1 aromatic heterocycles. The summed E-state index contributed by atoms with van der Waals surface area (Å²) in [7, 11) is 0. The van der Waals surface area contributed by atoms with Gasteiger partial charge in [-0.3, -0.25) is 19.8 Å². The van der Waals surface area contributed by atoms with E-state index >= 15 is 0 Å². The molecule has 2 aromatic carbocycles. The van der Waals surface area contributed by atoms with Crippen LogP contribution in [0.3, 0.4) is 0 Å². The topological polar surface area (TPSA) is 93.7 Å². The standard InChI is InChI=1S/C24H27N5O4/c1-19(16-26-11-13-33-14-12-26)28(17-20-5-3-2-4-6-20)24(30)21-7-8-22(23(15-21)29(31)32)27-10-9-25-18-27/h2-10,15,18-19H,11-14,16-17H2,1H3. The van der Waals surface area contributed by atoms with Crippen LogP contribution in [-0.2, 0) is 11.3 Å². The molecule has 1 atom stereocenters. The number of nitro groups is 1. The van der Waals surface area contributed by atoms with Gasteiger partial charge in [0.2, 0.25) is 0 Å². The number of aromatic nitrogens is 2. The van der Waals surface area contributed by atoms with Crippen molar-refractivity contribution < 1.29 is 14.5 Å². The molecule has 0 bridgehead atoms. The minimum atomic E-state index is -0.467. The van der Waals surface area contributed by atoms with E-state index in [1.165, 1.54) is 12.4 Å². The van der Waals surface area contributed by atoms with Crippen molar-refractivity contribution in [3.63, 3.8) is 0 Å². The van der Waals surface area contributed by atoms with Crippen molar-refractivity contribution in [2.24, 2.45) is 0 Å². The van der Waals surface area contributed by atoms with Gasteiger partial charge in [-0.05, 0) is 24.6 Å². The minimum absolute atomic E-state index is 0.0943. The van der Waals surface area contributed by atoms with Crippen LogP contribution in [0.5, 0.6) is 0 Å². The van der Waals surface area contributed by atoms with E-state index in [2.05, 4.69) is 9.88 Å². The summed E-state index contributed by atoms with van der Waals surface area (Å²) in [6, 6.07) is 14.3. The molecular formula is C24H27N5O4. The van der Waals surface area contributed by atoms with E-state index in [1.54, 1.807) is 34.0 Å². The average Bonchev–Trinajstić information content (AvgIpc) is 3.38. The summed E-state index contributed by atoms with van der Waals surface area (Å²) in [5, 5.41) is 11.8. The third-order valence-electron chi connectivity index (χ3n) is 5.82. The summed E-state index contributed by atoms with van der Waals surface area (Å²) < 4.78 is 7.00. The van der Waals surface area contributed by atoms with Crippen LogP contribution in [0, 0.1) is 10.1 Å². The molecule has 1 amide bonds. The summed E-state index contributed by atoms with van der Waals surface area (Å²) >= 11 is 0. The Bertz CT molecular complexity index is 1080. The van der Waals surface area contributed by atoms with Gasteiger partial charge < -0.3 is 14.2 Å². The SMILES string of the molecule is CC(CN1CCOCC1)N(Cc1ccccc1)C(=O)c1ccc(-n2ccnc2)c([N+](=O)[O-])c1. The van der Waals surface area contributed by atoms with Gasteiger partial charge in [0.05, 0.1) is 24.5 Å². The van der Waals surface area contributed by atoms with Gasteiger partial charge >= 0.3 is 0 Å². The number of ether oxygens (including phenoxy) is 1. The Kier molecular flexibility index (Phi) is 7.11. The highest BCUT2D eigenvalue weighted by molar-refractivity contribution is 5.95. The summed E-state index contributed by atoms with van der Waals surface area (Å²) in [4.78, 5) is 33.0. The first-order valence-corrected chi connectivity index (χ1v) is 10.9. The Morgan fingerprint density at radius 3 is 2.64 bits per heavy atom. The molecule has 0 radical (unpaired) electrons. The Balaban J connectivity index is 1.63. The lowest BCUT2D eigenvalue weighted by atomic mass is 10.1. The van der Waals surface area contributed by atoms with E-state index in [-0.39, 0.29) is 23.2 Å². The van der Waals surface area contributed by atoms with E-state index in [4.69, 9.17) is 4.74 Å². The Morgan fingerprint density at radius 2 is 1.97 bits per heavy atom. The second kappa shape index (κ2) is 10.4. The van der Waals surface area contributed by atoms with Crippen LogP contribution in [0.4, 0.5) is 5.69 Å². The van der Waals surface area contributed by atoms with Crippen LogP contribution < -0.4 is 0 Å². The van der Waals surface area contributed by atoms with Gasteiger partial charge in [0.1, 0.15) is 5.69 Å². The predicted molar refractivity (Wildman–Crippen MR) is 123 cm³/mol. The molecule has 1 saturated heterocycles. The highest BCUT2D eigenvalue weighted by atomic mass is 16.6. The fraction of sp³-hybridized carbons (Fsp3) is 0.333. The van der Waals surface area contributed by atoms with Crippen molar-refractivity contribution in [3.8, 4) is 5.69 Å². The lowest BCUT2D eigenvalue weighted by molar-refractivity contribution is -0.384. The van der Waals surface area contributed by atoms with E-state index in [9.17, 15) is 14.9 Å². The first-order chi connectivity index (χ1) is 16.0. The first kappa shape index (κ1) is 22.6. The lowest BCUT2D eigenvalue weighted by Crippen LogP contribution is -2.48. The first-order valence-electron chi connectivity index (χ1n) is 10.9. The van der Waals surface area contributed by atoms with Crippen molar-refractivity contribution in [3.05, 3.63) is 88.5 Å². The smallest absolute Gasteiger partial charge is 0.294 e. The number of morpholine rings is 1. The third kappa shape index (κ3) is 5.44. The van der Waals surface area contributed by atoms with Gasteiger partial charge in [-0.2, -0.15) is 0 Å². The van der Waals surface area contributed by atoms with Gasteiger partial charge in [-0.25, -0.2) is 4.98 Å². The molecule has 0 spiro atoms. The number of carbonyl (C=O) groups excluding carboxylic acids is 1. The molecule has 3 aromatic rings. The Labute approximate surface area is 192 Å². The van der Waals surface area contributed by atoms with Crippen molar-refractivity contribution in [2.45, 2.75) is 19.5 Å². The van der Waals surface area contributed by atoms with E-state index in [1.807, 2.05) is 37.3 Å². The zero-order chi connectivity index (χ0) is 23.2. The molecule has 1 aliphatic rings. The maximum absolute atomic E-state index is 13.6. The number of hydrogen-bond acceptors (Lipinski definition) is 6. The fourth-order valence-electron chi connectivity index (χ4n) is 4.05. The summed E-state index contributed by atoms with van der Waals surface area (Å²) in [5.41, 5.74) is 1.52. The third-order valence-corrected chi connectivity index (χ3v) is 5.82. The molecule has 0 aliphatic carbocycles. The second-order valence-corrected chi connectivity index (χ2v) is 8.11. The average molecular weight is 450 g/mol. The van der Waals surface area contributed by atoms with E-state index in [0.717, 1.165) is 18.7 Å². The predicted octanol–water partition coefficient (Wildman–Crippen LogP) is 3.14. The molecule has 172 valence electrons. The largest absolute Gasteiger partial charge is 0.379 e. The van der Waals surface area contributed by atoms with Gasteiger partial charge in [0.25, 0.3) is 11.6 Å². The van der Waals surface area contributed by atoms with Crippen LogP contribution in [0.25, 0.3) is 5.69 Å². The highest BCUT2D eigenvalue weighted by Crippen LogP contribution is 2.26. The van der Waals surface area contributed by atoms with Gasteiger partial charge in [0.15, 0.2) is 0 Å². The van der Waals surface area contributed by atoms with Crippen LogP contribution in [0.2, 0.25) is 0 Å². The molecule has 0 N–H and O–H groups in total. The molecule has 9 nitrogen and oxygen atoms in total. The summed E-state index contributed by atoms with van der Waals surface area (Å²) in [5.74, 6) is -0.236. The molecule has 9 heteroatoms. The number of amides is 1. The summed E-state index contributed by atoms with van der Waals surface area (Å²) in [6.07, 6.45) is 4.68. The Morgan fingerprint density at radius 1 is 1.21 bits per heavy atom. The maximum Gasteiger partial charge on any atom is 0.294 e. The number of carbonyl (C=O) groups is 1. The quantitative estimate of drug-likeness (QED) is 0.387. The lowest BCUT2D eigenvalue weighted by Gasteiger charge is -2.35. The molecular weight excluding hydrogens is 422 g/mol. The minimum Gasteiger partial charge on any atom is -0.379 e. The van der Waals surface area contributed by atoms with Crippen molar-refractivity contribution in [1.82, 2.24) is 19.4 Å². The van der Waals surface area contributed by atoms with Crippen molar-refractivity contribution >= 4 is 11.6 Å². The normalized spacial score (nSPS) is 15.2. The molecule has 4 rings (SSSR count). The van der Waals surface area contributed by atoms with Crippen LogP contribution in [0.1, 0.15) is 22.8 Å². The van der Waals surface area contributed by atoms with Crippen LogP contribution >= 0.6 is 0 Å². The molecule has 2 heterocycles. The number of nitro benzene ring substituents is 1. The molecule has 0 saturated carbocycles. The molecule has 1 aliphatic heterocycles. The Hall–Kier alpha value is -3.56. The monoisotopic (exact) mass is 449 g/mol. The fourth-order valence-corrected chi connectivity index (χ4v) is 4.05. The van der Waals surface area contributed by atoms with Gasteiger partial charge in [0, 0.05) is 56.2 Å². The zero-order valence-electron chi connectivity index (χ0n) is 18.5. The number of hydrogen-bond donors (Lipinski definition) is 0. The number of rotatable bonds is 8. The number of nitrogens with zero attached hydrogens (tertiary/aromatic N) is 5. The summed E-state index contributed by atoms with van der Waals surface area (Å²) in [6.45, 7) is 6.15. The van der Waals surface area contributed by atoms with E-state index in [0.29, 0.717) is 32.0 Å². The van der Waals surface area contributed by atoms with Crippen molar-refractivity contribution in [2.75, 3.05) is 32.8 Å². The maximum atomic E-state index is 13.6. The van der Waals surface area contributed by atoms with Crippen LogP contribution in [0.15, 0.2) is 67.3 Å². The van der Waals surface area contributed by atoms with Gasteiger partial charge in [-0.1, -0.05) is 30.3 Å². The van der Waals surface area contributed by atoms with E-state index < -0.39 is 4.92 Å². The number of imidazole rings is 1. The number of benzene rings is 2.